The fourth-order valence-corrected chi connectivity index (χ4v) is 3.90. The highest BCUT2D eigenvalue weighted by Gasteiger charge is 2.28. The summed E-state index contributed by atoms with van der Waals surface area (Å²) in [5.74, 6) is 0. The van der Waals surface area contributed by atoms with E-state index in [0.717, 1.165) is 53.5 Å². The van der Waals surface area contributed by atoms with Crippen LogP contribution >= 0.6 is 0 Å². The molecule has 0 aromatic carbocycles. The number of nitrogens with one attached hydrogen (secondary N) is 2. The molecule has 0 bridgehead atoms. The van der Waals surface area contributed by atoms with Crippen LogP contribution in [0.2, 0.25) is 0 Å². The van der Waals surface area contributed by atoms with Crippen LogP contribution in [0.1, 0.15) is 52.9 Å². The number of allylic oxidation sites excluding steroid dienone is 8. The Morgan fingerprint density at radius 3 is 2.44 bits per heavy atom. The molecular formula is C26H40N4O2. The first-order valence-corrected chi connectivity index (χ1v) is 11.2. The van der Waals surface area contributed by atoms with Crippen molar-refractivity contribution in [2.24, 2.45) is 11.5 Å². The van der Waals surface area contributed by atoms with Crippen LogP contribution in [-0.4, -0.2) is 38.9 Å². The number of unbranched alkanes of at least 4 members (excludes halogenated alkanes) is 1. The Kier molecular flexibility index (Phi) is 12.3. The monoisotopic (exact) mass is 440 g/mol. The highest BCUT2D eigenvalue weighted by Crippen LogP contribution is 2.41. The minimum Gasteiger partial charge on any atom is -0.404 e. The van der Waals surface area contributed by atoms with E-state index in [1.807, 2.05) is 19.9 Å². The number of hydrogen-bond donors (Lipinski definition) is 4. The summed E-state index contributed by atoms with van der Waals surface area (Å²) in [6, 6.07) is 0. The molecule has 1 unspecified atom stereocenters. The SMILES string of the molecule is C=C(N)/C(C=N)=C(C1=C(C(=C/CCC)/C(C=N)=C/N)CC(OCCOC)CC1)\C(C)=C/C. The maximum atomic E-state index is 8.01. The van der Waals surface area contributed by atoms with Gasteiger partial charge in [0.15, 0.2) is 0 Å². The summed E-state index contributed by atoms with van der Waals surface area (Å²) in [5.41, 5.74) is 18.8. The van der Waals surface area contributed by atoms with Crippen LogP contribution in [0.25, 0.3) is 0 Å². The van der Waals surface area contributed by atoms with Crippen molar-refractivity contribution < 1.29 is 9.47 Å². The molecule has 1 aliphatic rings. The molecule has 0 aliphatic heterocycles. The third-order valence-electron chi connectivity index (χ3n) is 5.65. The molecule has 32 heavy (non-hydrogen) atoms. The smallest absolute Gasteiger partial charge is 0.0704 e. The van der Waals surface area contributed by atoms with Crippen LogP contribution in [0.15, 0.2) is 69.6 Å². The van der Waals surface area contributed by atoms with E-state index in [1.54, 1.807) is 7.11 Å². The van der Waals surface area contributed by atoms with Crippen molar-refractivity contribution in [1.82, 2.24) is 0 Å². The Labute approximate surface area is 193 Å². The topological polar surface area (TPSA) is 118 Å². The third kappa shape index (κ3) is 7.18. The van der Waals surface area contributed by atoms with Crippen molar-refractivity contribution in [2.45, 2.75) is 59.0 Å². The molecular weight excluding hydrogens is 400 g/mol. The van der Waals surface area contributed by atoms with Crippen molar-refractivity contribution in [1.29, 1.82) is 10.8 Å². The second kappa shape index (κ2) is 14.4. The Morgan fingerprint density at radius 2 is 1.94 bits per heavy atom. The Morgan fingerprint density at radius 1 is 1.22 bits per heavy atom. The van der Waals surface area contributed by atoms with E-state index in [0.29, 0.717) is 36.5 Å². The van der Waals surface area contributed by atoms with Gasteiger partial charge in [-0.2, -0.15) is 0 Å². The van der Waals surface area contributed by atoms with Crippen LogP contribution in [0.5, 0.6) is 0 Å². The fourth-order valence-electron chi connectivity index (χ4n) is 3.90. The summed E-state index contributed by atoms with van der Waals surface area (Å²) in [6.07, 6.45) is 12.4. The van der Waals surface area contributed by atoms with Crippen molar-refractivity contribution in [3.05, 3.63) is 69.6 Å². The summed E-state index contributed by atoms with van der Waals surface area (Å²) in [5, 5.41) is 15.9. The number of nitrogens with two attached hydrogens (primary N) is 2. The zero-order valence-corrected chi connectivity index (χ0v) is 20.1. The highest BCUT2D eigenvalue weighted by atomic mass is 16.5. The molecule has 0 aromatic heterocycles. The minimum atomic E-state index is 0.0374. The molecule has 0 spiro atoms. The van der Waals surface area contributed by atoms with Gasteiger partial charge in [0.1, 0.15) is 0 Å². The van der Waals surface area contributed by atoms with Crippen LogP contribution in [0.3, 0.4) is 0 Å². The number of methoxy groups -OCH3 is 1. The van der Waals surface area contributed by atoms with Gasteiger partial charge in [-0.25, -0.2) is 0 Å². The lowest BCUT2D eigenvalue weighted by Gasteiger charge is -2.31. The molecule has 6 heteroatoms. The zero-order valence-electron chi connectivity index (χ0n) is 20.1. The van der Waals surface area contributed by atoms with E-state index in [2.05, 4.69) is 19.6 Å². The molecule has 0 radical (unpaired) electrons. The third-order valence-corrected chi connectivity index (χ3v) is 5.65. The second-order valence-electron chi connectivity index (χ2n) is 7.79. The van der Waals surface area contributed by atoms with Gasteiger partial charge in [-0.3, -0.25) is 0 Å². The normalized spacial score (nSPS) is 19.0. The Hall–Kier alpha value is -2.70. The summed E-state index contributed by atoms with van der Waals surface area (Å²) in [4.78, 5) is 0. The molecule has 176 valence electrons. The molecule has 0 aromatic rings. The van der Waals surface area contributed by atoms with E-state index >= 15 is 0 Å². The van der Waals surface area contributed by atoms with E-state index in [1.165, 1.54) is 18.6 Å². The summed E-state index contributed by atoms with van der Waals surface area (Å²) in [6.45, 7) is 11.1. The number of ether oxygens (including phenoxy) is 2. The second-order valence-corrected chi connectivity index (χ2v) is 7.79. The predicted molar refractivity (Wildman–Crippen MR) is 135 cm³/mol. The molecule has 0 fully saturated rings. The van der Waals surface area contributed by atoms with Crippen molar-refractivity contribution in [3.8, 4) is 0 Å². The highest BCUT2D eigenvalue weighted by molar-refractivity contribution is 5.88. The Balaban J connectivity index is 3.84. The van der Waals surface area contributed by atoms with Gasteiger partial charge in [0.25, 0.3) is 0 Å². The Bertz CT molecular complexity index is 844. The molecule has 6 nitrogen and oxygen atoms in total. The molecule has 1 rings (SSSR count). The summed E-state index contributed by atoms with van der Waals surface area (Å²) in [7, 11) is 1.66. The lowest BCUT2D eigenvalue weighted by Crippen LogP contribution is -2.24. The number of hydrogen-bond acceptors (Lipinski definition) is 6. The summed E-state index contributed by atoms with van der Waals surface area (Å²) < 4.78 is 11.2. The molecule has 0 saturated carbocycles. The standard InChI is InChI=1S/C26H40N4O2/c1-6-8-9-22(20(15-27)16-28)24-14-21(32-13-12-31-5)10-11-23(24)26(18(3)7-2)25(17-29)19(4)30/h7,9,15-17,21,27,29H,4,6,8,10-14,28,30H2,1-3,5H3/b18-7-,20-16+,22-9+,26-25+,27-15?,29-17?. The van der Waals surface area contributed by atoms with Crippen molar-refractivity contribution >= 4 is 12.4 Å². The van der Waals surface area contributed by atoms with E-state index in [9.17, 15) is 0 Å². The van der Waals surface area contributed by atoms with Crippen molar-refractivity contribution in [2.75, 3.05) is 20.3 Å². The van der Waals surface area contributed by atoms with Gasteiger partial charge < -0.3 is 31.8 Å². The van der Waals surface area contributed by atoms with Crippen LogP contribution in [0.4, 0.5) is 0 Å². The minimum absolute atomic E-state index is 0.0374. The van der Waals surface area contributed by atoms with Gasteiger partial charge in [0.2, 0.25) is 0 Å². The summed E-state index contributed by atoms with van der Waals surface area (Å²) >= 11 is 0. The lowest BCUT2D eigenvalue weighted by atomic mass is 9.77. The zero-order chi connectivity index (χ0) is 24.1. The lowest BCUT2D eigenvalue weighted by molar-refractivity contribution is 0.0117. The van der Waals surface area contributed by atoms with Crippen molar-refractivity contribution in [3.63, 3.8) is 0 Å². The average Bonchev–Trinajstić information content (AvgIpc) is 2.79. The molecule has 1 aliphatic carbocycles. The molecule has 0 amide bonds. The quantitative estimate of drug-likeness (QED) is 0.181. The maximum absolute atomic E-state index is 8.01. The maximum Gasteiger partial charge on any atom is 0.0704 e. The van der Waals surface area contributed by atoms with Gasteiger partial charge in [-0.1, -0.05) is 32.1 Å². The first kappa shape index (κ1) is 27.3. The van der Waals surface area contributed by atoms with Crippen LogP contribution in [0, 0.1) is 10.8 Å². The first-order chi connectivity index (χ1) is 15.4. The van der Waals surface area contributed by atoms with E-state index in [-0.39, 0.29) is 6.10 Å². The van der Waals surface area contributed by atoms with Crippen LogP contribution in [-0.2, 0) is 9.47 Å². The van der Waals surface area contributed by atoms with Gasteiger partial charge in [0, 0.05) is 42.6 Å². The largest absolute Gasteiger partial charge is 0.404 e. The molecule has 1 atom stereocenters. The van der Waals surface area contributed by atoms with Gasteiger partial charge in [0.05, 0.1) is 19.3 Å². The van der Waals surface area contributed by atoms with Gasteiger partial charge >= 0.3 is 0 Å². The predicted octanol–water partition coefficient (Wildman–Crippen LogP) is 5.10. The molecule has 6 N–H and O–H groups in total. The molecule has 0 saturated heterocycles. The van der Waals surface area contributed by atoms with Crippen LogP contribution < -0.4 is 11.5 Å². The fraction of sp³-hybridized carbons (Fsp3) is 0.462. The van der Waals surface area contributed by atoms with Gasteiger partial charge in [-0.15, -0.1) is 0 Å². The van der Waals surface area contributed by atoms with E-state index in [4.69, 9.17) is 31.8 Å². The average molecular weight is 441 g/mol. The number of rotatable bonds is 13. The first-order valence-electron chi connectivity index (χ1n) is 11.2. The van der Waals surface area contributed by atoms with E-state index < -0.39 is 0 Å². The molecule has 0 heterocycles. The van der Waals surface area contributed by atoms with Gasteiger partial charge in [-0.05, 0) is 67.4 Å².